The first-order valence-electron chi connectivity index (χ1n) is 9.86. The normalized spacial score (nSPS) is 14.1. The number of primary amides is 1. The molecule has 1 amide bonds. The number of aliphatic hydroxyl groups is 2. The van der Waals surface area contributed by atoms with E-state index in [1.807, 2.05) is 6.92 Å². The Bertz CT molecular complexity index is 318. The van der Waals surface area contributed by atoms with Crippen molar-refractivity contribution >= 4 is 5.91 Å². The molecule has 0 saturated heterocycles. The fourth-order valence-corrected chi connectivity index (χ4v) is 2.97. The quantitative estimate of drug-likeness (QED) is 0.275. The van der Waals surface area contributed by atoms with Crippen molar-refractivity contribution in [3.05, 3.63) is 12.2 Å². The Kier molecular flexibility index (Phi) is 16.4. The Hall–Kier alpha value is -0.870. The van der Waals surface area contributed by atoms with Crippen LogP contribution in [0.2, 0.25) is 0 Å². The van der Waals surface area contributed by atoms with Crippen LogP contribution in [0.5, 0.6) is 0 Å². The summed E-state index contributed by atoms with van der Waals surface area (Å²) >= 11 is 0. The highest BCUT2D eigenvalue weighted by molar-refractivity contribution is 5.77. The molecule has 0 aromatic rings. The van der Waals surface area contributed by atoms with E-state index in [2.05, 4.69) is 12.2 Å². The zero-order valence-electron chi connectivity index (χ0n) is 15.6. The molecular weight excluding hydrogens is 302 g/mol. The Morgan fingerprint density at radius 3 is 1.92 bits per heavy atom. The minimum atomic E-state index is -0.583. The van der Waals surface area contributed by atoms with Crippen LogP contribution in [0.3, 0.4) is 0 Å². The molecule has 0 radical (unpaired) electrons. The minimum Gasteiger partial charge on any atom is -0.396 e. The van der Waals surface area contributed by atoms with Crippen molar-refractivity contribution in [2.45, 2.75) is 96.5 Å². The van der Waals surface area contributed by atoms with Gasteiger partial charge in [-0.1, -0.05) is 57.6 Å². The Labute approximate surface area is 148 Å². The number of carbonyl (C=O) groups excluding carboxylic acids is 1. The summed E-state index contributed by atoms with van der Waals surface area (Å²) in [6, 6.07) is 0. The van der Waals surface area contributed by atoms with Crippen LogP contribution in [0.4, 0.5) is 0 Å². The van der Waals surface area contributed by atoms with Crippen molar-refractivity contribution < 1.29 is 15.0 Å². The standard InChI is InChI=1S/C20H39NO3/c1-2-18(20(21)24)19(23)16-14-12-10-8-6-4-3-5-7-9-11-13-15-17-22/h4,6,18-19,22-23H,2-3,5,7-17H2,1H3,(H2,21,24)/b6-4-. The van der Waals surface area contributed by atoms with E-state index >= 15 is 0 Å². The second kappa shape index (κ2) is 17.0. The largest absolute Gasteiger partial charge is 0.396 e. The van der Waals surface area contributed by atoms with Crippen LogP contribution in [0, 0.1) is 5.92 Å². The number of amides is 1. The van der Waals surface area contributed by atoms with Crippen LogP contribution in [0.1, 0.15) is 90.4 Å². The number of hydrogen-bond acceptors (Lipinski definition) is 3. The zero-order chi connectivity index (χ0) is 18.0. The molecule has 2 atom stereocenters. The van der Waals surface area contributed by atoms with E-state index in [1.54, 1.807) is 0 Å². The molecule has 0 aliphatic rings. The van der Waals surface area contributed by atoms with Gasteiger partial charge in [-0.25, -0.2) is 0 Å². The Morgan fingerprint density at radius 2 is 1.42 bits per heavy atom. The van der Waals surface area contributed by atoms with Gasteiger partial charge >= 0.3 is 0 Å². The van der Waals surface area contributed by atoms with Gasteiger partial charge in [0.05, 0.1) is 12.0 Å². The first-order valence-corrected chi connectivity index (χ1v) is 9.86. The molecule has 4 N–H and O–H groups in total. The van der Waals surface area contributed by atoms with E-state index in [9.17, 15) is 9.90 Å². The summed E-state index contributed by atoms with van der Waals surface area (Å²) < 4.78 is 0. The Morgan fingerprint density at radius 1 is 0.917 bits per heavy atom. The molecule has 2 unspecified atom stereocenters. The lowest BCUT2D eigenvalue weighted by Crippen LogP contribution is -2.33. The van der Waals surface area contributed by atoms with Crippen molar-refractivity contribution in [2.75, 3.05) is 6.61 Å². The SMILES string of the molecule is CCC(C(N)=O)C(O)CCCCC/C=C\CCCCCCCCO. The molecule has 4 nitrogen and oxygen atoms in total. The lowest BCUT2D eigenvalue weighted by Gasteiger charge is -2.18. The fourth-order valence-electron chi connectivity index (χ4n) is 2.97. The summed E-state index contributed by atoms with van der Waals surface area (Å²) in [5.41, 5.74) is 5.28. The first-order chi connectivity index (χ1) is 11.6. The lowest BCUT2D eigenvalue weighted by molar-refractivity contribution is -0.125. The smallest absolute Gasteiger partial charge is 0.223 e. The van der Waals surface area contributed by atoms with Crippen molar-refractivity contribution in [2.24, 2.45) is 11.7 Å². The number of carbonyl (C=O) groups is 1. The number of allylic oxidation sites excluding steroid dienone is 2. The number of nitrogens with two attached hydrogens (primary N) is 1. The summed E-state index contributed by atoms with van der Waals surface area (Å²) in [6.07, 6.45) is 17.8. The number of aliphatic hydroxyl groups excluding tert-OH is 2. The van der Waals surface area contributed by atoms with Gasteiger partial charge in [-0.2, -0.15) is 0 Å². The maximum absolute atomic E-state index is 11.2. The highest BCUT2D eigenvalue weighted by Crippen LogP contribution is 2.15. The predicted octanol–water partition coefficient (Wildman–Crippen LogP) is 4.09. The van der Waals surface area contributed by atoms with Crippen LogP contribution < -0.4 is 5.73 Å². The molecule has 0 saturated carbocycles. The predicted molar refractivity (Wildman–Crippen MR) is 101 cm³/mol. The molecule has 0 aliphatic carbocycles. The van der Waals surface area contributed by atoms with Crippen LogP contribution in [-0.2, 0) is 4.79 Å². The topological polar surface area (TPSA) is 83.6 Å². The van der Waals surface area contributed by atoms with Gasteiger partial charge in [0.2, 0.25) is 5.91 Å². The average molecular weight is 342 g/mol. The summed E-state index contributed by atoms with van der Waals surface area (Å²) in [7, 11) is 0. The third-order valence-electron chi connectivity index (χ3n) is 4.59. The summed E-state index contributed by atoms with van der Waals surface area (Å²) in [5, 5.41) is 18.6. The average Bonchev–Trinajstić information content (AvgIpc) is 2.55. The molecule has 0 fully saturated rings. The maximum Gasteiger partial charge on any atom is 0.223 e. The molecule has 0 spiro atoms. The van der Waals surface area contributed by atoms with E-state index in [4.69, 9.17) is 10.8 Å². The highest BCUT2D eigenvalue weighted by atomic mass is 16.3. The third-order valence-corrected chi connectivity index (χ3v) is 4.59. The van der Waals surface area contributed by atoms with E-state index in [1.165, 1.54) is 25.7 Å². The van der Waals surface area contributed by atoms with Crippen molar-refractivity contribution in [1.82, 2.24) is 0 Å². The molecule has 0 rings (SSSR count). The Balaban J connectivity index is 3.39. The summed E-state index contributed by atoms with van der Waals surface area (Å²) in [4.78, 5) is 11.2. The minimum absolute atomic E-state index is 0.325. The molecular formula is C20H39NO3. The third kappa shape index (κ3) is 13.6. The van der Waals surface area contributed by atoms with Gasteiger partial charge < -0.3 is 15.9 Å². The molecule has 0 heterocycles. The monoisotopic (exact) mass is 341 g/mol. The van der Waals surface area contributed by atoms with Crippen molar-refractivity contribution in [3.8, 4) is 0 Å². The molecule has 0 aliphatic heterocycles. The maximum atomic E-state index is 11.2. The van der Waals surface area contributed by atoms with Crippen molar-refractivity contribution in [3.63, 3.8) is 0 Å². The van der Waals surface area contributed by atoms with Gasteiger partial charge in [-0.15, -0.1) is 0 Å². The molecule has 4 heteroatoms. The van der Waals surface area contributed by atoms with E-state index in [0.717, 1.165) is 44.9 Å². The van der Waals surface area contributed by atoms with Crippen LogP contribution in [0.15, 0.2) is 12.2 Å². The fraction of sp³-hybridized carbons (Fsp3) is 0.850. The molecule has 142 valence electrons. The first kappa shape index (κ1) is 23.1. The second-order valence-corrected chi connectivity index (χ2v) is 6.73. The van der Waals surface area contributed by atoms with Crippen LogP contribution in [-0.4, -0.2) is 28.8 Å². The van der Waals surface area contributed by atoms with E-state index in [-0.39, 0.29) is 5.91 Å². The van der Waals surface area contributed by atoms with Gasteiger partial charge in [0, 0.05) is 6.61 Å². The molecule has 0 aromatic heterocycles. The van der Waals surface area contributed by atoms with Gasteiger partial charge in [0.15, 0.2) is 0 Å². The zero-order valence-corrected chi connectivity index (χ0v) is 15.6. The van der Waals surface area contributed by atoms with Crippen LogP contribution >= 0.6 is 0 Å². The van der Waals surface area contributed by atoms with Gasteiger partial charge in [0.1, 0.15) is 0 Å². The summed E-state index contributed by atoms with van der Waals surface area (Å²) in [6.45, 7) is 2.21. The van der Waals surface area contributed by atoms with Gasteiger partial charge in [0.25, 0.3) is 0 Å². The molecule has 24 heavy (non-hydrogen) atoms. The van der Waals surface area contributed by atoms with Gasteiger partial charge in [-0.05, 0) is 44.9 Å². The van der Waals surface area contributed by atoms with E-state index < -0.39 is 12.0 Å². The molecule has 0 bridgehead atoms. The highest BCUT2D eigenvalue weighted by Gasteiger charge is 2.21. The van der Waals surface area contributed by atoms with Gasteiger partial charge in [-0.3, -0.25) is 4.79 Å². The summed E-state index contributed by atoms with van der Waals surface area (Å²) in [5.74, 6) is -0.783. The van der Waals surface area contributed by atoms with Crippen molar-refractivity contribution in [1.29, 1.82) is 0 Å². The number of hydrogen-bond donors (Lipinski definition) is 3. The van der Waals surface area contributed by atoms with Crippen LogP contribution in [0.25, 0.3) is 0 Å². The number of unbranched alkanes of at least 4 members (excludes halogenated alkanes) is 9. The molecule has 0 aromatic carbocycles. The number of rotatable bonds is 17. The van der Waals surface area contributed by atoms with E-state index in [0.29, 0.717) is 19.4 Å². The lowest BCUT2D eigenvalue weighted by atomic mass is 9.94. The second-order valence-electron chi connectivity index (χ2n) is 6.73.